The molecule has 0 amide bonds. The van der Waals surface area contributed by atoms with Gasteiger partial charge in [-0.25, -0.2) is 8.78 Å². The Kier molecular flexibility index (Phi) is 5.11. The van der Waals surface area contributed by atoms with Crippen molar-refractivity contribution < 1.29 is 13.9 Å². The quantitative estimate of drug-likeness (QED) is 0.841. The molecular weight excluding hydrogens is 258 g/mol. The number of alkyl halides is 2. The fraction of sp³-hybridized carbons (Fsp3) is 0.571. The normalized spacial score (nSPS) is 16.9. The molecule has 0 saturated heterocycles. The van der Waals surface area contributed by atoms with Crippen molar-refractivity contribution in [3.8, 4) is 0 Å². The van der Waals surface area contributed by atoms with Crippen molar-refractivity contribution in [2.24, 2.45) is 11.8 Å². The van der Waals surface area contributed by atoms with E-state index in [2.05, 4.69) is 0 Å². The van der Waals surface area contributed by atoms with Crippen LogP contribution < -0.4 is 0 Å². The molecule has 1 rings (SSSR count). The lowest BCUT2D eigenvalue weighted by atomic mass is 9.72. The molecule has 1 aromatic carbocycles. The van der Waals surface area contributed by atoms with Crippen LogP contribution in [0.15, 0.2) is 24.3 Å². The van der Waals surface area contributed by atoms with Crippen molar-refractivity contribution in [2.45, 2.75) is 39.2 Å². The highest BCUT2D eigenvalue weighted by molar-refractivity contribution is 6.30. The number of benzene rings is 1. The van der Waals surface area contributed by atoms with Crippen molar-refractivity contribution in [1.82, 2.24) is 0 Å². The van der Waals surface area contributed by atoms with Crippen LogP contribution >= 0.6 is 11.6 Å². The van der Waals surface area contributed by atoms with Gasteiger partial charge in [-0.05, 0) is 30.0 Å². The highest BCUT2D eigenvalue weighted by Crippen LogP contribution is 2.41. The Morgan fingerprint density at radius 1 is 1.22 bits per heavy atom. The topological polar surface area (TPSA) is 20.2 Å². The molecule has 1 N–H and O–H groups in total. The molecule has 0 heterocycles. The fourth-order valence-electron chi connectivity index (χ4n) is 2.37. The summed E-state index contributed by atoms with van der Waals surface area (Å²) in [5.74, 6) is -1.39. The molecule has 102 valence electrons. The van der Waals surface area contributed by atoms with E-state index in [9.17, 15) is 13.9 Å². The van der Waals surface area contributed by atoms with Crippen LogP contribution in [0.4, 0.5) is 8.78 Å². The molecule has 2 atom stereocenters. The van der Waals surface area contributed by atoms with Crippen molar-refractivity contribution in [3.05, 3.63) is 34.9 Å². The SMILES string of the molecule is CCC(C(F)F)C(O)(c1ccc(Cl)cc1)C(C)C. The number of hydrogen-bond donors (Lipinski definition) is 1. The van der Waals surface area contributed by atoms with Crippen LogP contribution in [0.25, 0.3) is 0 Å². The molecule has 1 aromatic rings. The van der Waals surface area contributed by atoms with Gasteiger partial charge in [0, 0.05) is 5.02 Å². The standard InChI is InChI=1S/C14H19ClF2O/c1-4-12(13(16)17)14(18,9(2)3)10-5-7-11(15)8-6-10/h5-9,12-13,18H,4H2,1-3H3. The van der Waals surface area contributed by atoms with Gasteiger partial charge in [0.25, 0.3) is 0 Å². The van der Waals surface area contributed by atoms with Crippen LogP contribution in [-0.4, -0.2) is 11.5 Å². The highest BCUT2D eigenvalue weighted by atomic mass is 35.5. The minimum absolute atomic E-state index is 0.217. The Morgan fingerprint density at radius 3 is 2.06 bits per heavy atom. The first kappa shape index (κ1) is 15.4. The summed E-state index contributed by atoms with van der Waals surface area (Å²) in [5, 5.41) is 11.3. The van der Waals surface area contributed by atoms with Crippen molar-refractivity contribution in [1.29, 1.82) is 0 Å². The second-order valence-electron chi connectivity index (χ2n) is 4.84. The predicted molar refractivity (Wildman–Crippen MR) is 70.0 cm³/mol. The lowest BCUT2D eigenvalue weighted by Crippen LogP contribution is -2.43. The number of halogens is 3. The van der Waals surface area contributed by atoms with Gasteiger partial charge in [0.2, 0.25) is 6.43 Å². The fourth-order valence-corrected chi connectivity index (χ4v) is 2.50. The third-order valence-electron chi connectivity index (χ3n) is 3.50. The molecular formula is C14H19ClF2O. The van der Waals surface area contributed by atoms with E-state index in [4.69, 9.17) is 11.6 Å². The summed E-state index contributed by atoms with van der Waals surface area (Å²) >= 11 is 5.79. The smallest absolute Gasteiger partial charge is 0.244 e. The first-order chi connectivity index (χ1) is 8.33. The molecule has 2 unspecified atom stereocenters. The van der Waals surface area contributed by atoms with Crippen LogP contribution in [0.3, 0.4) is 0 Å². The van der Waals surface area contributed by atoms with Gasteiger partial charge >= 0.3 is 0 Å². The summed E-state index contributed by atoms with van der Waals surface area (Å²) in [4.78, 5) is 0. The van der Waals surface area contributed by atoms with Crippen molar-refractivity contribution in [2.75, 3.05) is 0 Å². The maximum Gasteiger partial charge on any atom is 0.244 e. The van der Waals surface area contributed by atoms with Crippen molar-refractivity contribution >= 4 is 11.6 Å². The third-order valence-corrected chi connectivity index (χ3v) is 3.75. The summed E-state index contributed by atoms with van der Waals surface area (Å²) < 4.78 is 26.3. The van der Waals surface area contributed by atoms with E-state index >= 15 is 0 Å². The molecule has 0 aliphatic carbocycles. The zero-order valence-corrected chi connectivity index (χ0v) is 11.6. The van der Waals surface area contributed by atoms with Gasteiger partial charge < -0.3 is 5.11 Å². The second-order valence-corrected chi connectivity index (χ2v) is 5.27. The minimum Gasteiger partial charge on any atom is -0.384 e. The van der Waals surface area contributed by atoms with E-state index in [-0.39, 0.29) is 12.3 Å². The Bertz CT molecular complexity index is 378. The maximum absolute atomic E-state index is 13.1. The second kappa shape index (κ2) is 5.98. The van der Waals surface area contributed by atoms with E-state index in [1.54, 1.807) is 45.0 Å². The Morgan fingerprint density at radius 2 is 1.72 bits per heavy atom. The van der Waals surface area contributed by atoms with Gasteiger partial charge in [0.1, 0.15) is 5.60 Å². The van der Waals surface area contributed by atoms with Gasteiger partial charge in [-0.1, -0.05) is 44.5 Å². The van der Waals surface area contributed by atoms with Crippen LogP contribution in [0.2, 0.25) is 5.02 Å². The summed E-state index contributed by atoms with van der Waals surface area (Å²) in [6.45, 7) is 5.17. The predicted octanol–water partition coefficient (Wildman–Crippen LogP) is 4.47. The van der Waals surface area contributed by atoms with Gasteiger partial charge in [0.05, 0.1) is 5.92 Å². The Labute approximate surface area is 112 Å². The monoisotopic (exact) mass is 276 g/mol. The number of hydrogen-bond acceptors (Lipinski definition) is 1. The molecule has 0 spiro atoms. The molecule has 0 aliphatic heterocycles. The van der Waals surface area contributed by atoms with Crippen LogP contribution in [0.5, 0.6) is 0 Å². The molecule has 18 heavy (non-hydrogen) atoms. The van der Waals surface area contributed by atoms with Gasteiger partial charge in [-0.3, -0.25) is 0 Å². The average molecular weight is 277 g/mol. The number of rotatable bonds is 5. The molecule has 0 bridgehead atoms. The van der Waals surface area contributed by atoms with Gasteiger partial charge in [-0.15, -0.1) is 0 Å². The number of aliphatic hydroxyl groups is 1. The van der Waals surface area contributed by atoms with E-state index in [1.807, 2.05) is 0 Å². The highest BCUT2D eigenvalue weighted by Gasteiger charge is 2.44. The summed E-state index contributed by atoms with van der Waals surface area (Å²) in [7, 11) is 0. The van der Waals surface area contributed by atoms with Gasteiger partial charge in [-0.2, -0.15) is 0 Å². The largest absolute Gasteiger partial charge is 0.384 e. The Hall–Kier alpha value is -0.670. The minimum atomic E-state index is -2.56. The molecule has 1 nitrogen and oxygen atoms in total. The first-order valence-corrected chi connectivity index (χ1v) is 6.48. The van der Waals surface area contributed by atoms with Crippen molar-refractivity contribution in [3.63, 3.8) is 0 Å². The molecule has 0 radical (unpaired) electrons. The summed E-state index contributed by atoms with van der Waals surface area (Å²) in [5.41, 5.74) is -1.04. The lowest BCUT2D eigenvalue weighted by molar-refractivity contribution is -0.121. The zero-order valence-electron chi connectivity index (χ0n) is 10.8. The van der Waals surface area contributed by atoms with E-state index in [0.29, 0.717) is 10.6 Å². The average Bonchev–Trinajstić information content (AvgIpc) is 2.29. The van der Waals surface area contributed by atoms with Crippen LogP contribution in [0, 0.1) is 11.8 Å². The van der Waals surface area contributed by atoms with Gasteiger partial charge in [0.15, 0.2) is 0 Å². The lowest BCUT2D eigenvalue weighted by Gasteiger charge is -2.39. The molecule has 0 fully saturated rings. The van der Waals surface area contributed by atoms with E-state index < -0.39 is 17.9 Å². The zero-order chi connectivity index (χ0) is 13.9. The maximum atomic E-state index is 13.1. The van der Waals surface area contributed by atoms with Crippen LogP contribution in [-0.2, 0) is 5.60 Å². The Balaban J connectivity index is 3.26. The first-order valence-electron chi connectivity index (χ1n) is 6.10. The van der Waals surface area contributed by atoms with Crippen LogP contribution in [0.1, 0.15) is 32.8 Å². The molecule has 0 aliphatic rings. The molecule has 0 aromatic heterocycles. The van der Waals surface area contributed by atoms with E-state index in [0.717, 1.165) is 0 Å². The molecule has 0 saturated carbocycles. The third kappa shape index (κ3) is 2.83. The van der Waals surface area contributed by atoms with E-state index in [1.165, 1.54) is 0 Å². The molecule has 4 heteroatoms. The summed E-state index contributed by atoms with van der Waals surface area (Å²) in [6, 6.07) is 6.46. The summed E-state index contributed by atoms with van der Waals surface area (Å²) in [6.07, 6.45) is -2.34.